The predicted octanol–water partition coefficient (Wildman–Crippen LogP) is 3.15. The summed E-state index contributed by atoms with van der Waals surface area (Å²) >= 11 is 5.24. The van der Waals surface area contributed by atoms with Gasteiger partial charge in [0, 0.05) is 20.4 Å². The molecule has 0 saturated carbocycles. The van der Waals surface area contributed by atoms with E-state index >= 15 is 0 Å². The number of nitrogens with zero attached hydrogens (tertiary/aromatic N) is 1. The molecule has 0 aliphatic rings. The molecule has 0 aliphatic carbocycles. The lowest BCUT2D eigenvalue weighted by molar-refractivity contribution is 0.0588. The molecule has 2 rings (SSSR count). The summed E-state index contributed by atoms with van der Waals surface area (Å²) in [4.78, 5) is 27.8. The topological polar surface area (TPSA) is 153 Å². The van der Waals surface area contributed by atoms with Crippen LogP contribution < -0.4 is 5.32 Å². The van der Waals surface area contributed by atoms with Crippen molar-refractivity contribution in [1.29, 1.82) is 0 Å². The molecule has 1 atom stereocenters. The van der Waals surface area contributed by atoms with Gasteiger partial charge in [-0.3, -0.25) is 4.57 Å². The minimum Gasteiger partial charge on any atom is -0.507 e. The van der Waals surface area contributed by atoms with Crippen molar-refractivity contribution in [3.8, 4) is 11.5 Å². The van der Waals surface area contributed by atoms with Crippen LogP contribution in [-0.4, -0.2) is 61.9 Å². The Balaban J connectivity index is 2.39. The van der Waals surface area contributed by atoms with Crippen molar-refractivity contribution in [2.45, 2.75) is 5.78 Å². The molecule has 0 aliphatic heterocycles. The van der Waals surface area contributed by atoms with Crippen LogP contribution in [0.1, 0.15) is 37.6 Å². The van der Waals surface area contributed by atoms with E-state index in [1.165, 1.54) is 63.9 Å². The number of methoxy groups -OCH3 is 2. The van der Waals surface area contributed by atoms with E-state index in [0.29, 0.717) is 5.56 Å². The third kappa shape index (κ3) is 6.17. The van der Waals surface area contributed by atoms with Gasteiger partial charge in [0.1, 0.15) is 22.6 Å². The summed E-state index contributed by atoms with van der Waals surface area (Å²) in [6.07, 6.45) is 1.31. The molecule has 0 heterocycles. The fraction of sp³-hybridized carbons (Fsp3) is 0.238. The van der Waals surface area contributed by atoms with Crippen molar-refractivity contribution >= 4 is 43.1 Å². The first-order valence-electron chi connectivity index (χ1n) is 9.48. The maximum Gasteiger partial charge on any atom is 0.356 e. The monoisotopic (exact) mass is 510 g/mol. The third-order valence-corrected chi connectivity index (χ3v) is 6.88. The van der Waals surface area contributed by atoms with E-state index in [4.69, 9.17) is 21.3 Å². The number of phenolic OH excluding ortho intramolecular Hbond substituents is 2. The van der Waals surface area contributed by atoms with Gasteiger partial charge in [0.05, 0.1) is 14.2 Å². The Morgan fingerprint density at radius 1 is 0.971 bits per heavy atom. The molecule has 0 aromatic heterocycles. The fourth-order valence-electron chi connectivity index (χ4n) is 2.82. The smallest absolute Gasteiger partial charge is 0.356 e. The molecule has 0 radical (unpaired) electrons. The van der Waals surface area contributed by atoms with Gasteiger partial charge >= 0.3 is 19.5 Å². The van der Waals surface area contributed by atoms with Gasteiger partial charge < -0.3 is 34.1 Å². The molecular formula is C21H23N2O9PS. The Labute approximate surface area is 200 Å². The van der Waals surface area contributed by atoms with E-state index in [1.807, 2.05) is 0 Å². The summed E-state index contributed by atoms with van der Waals surface area (Å²) in [5.74, 6) is -3.35. The van der Waals surface area contributed by atoms with Crippen LogP contribution in [0.25, 0.3) is 0 Å². The number of hydrogen-bond donors (Lipinski definition) is 3. The second-order valence-electron chi connectivity index (χ2n) is 6.55. The molecule has 34 heavy (non-hydrogen) atoms. The molecule has 2 aromatic rings. The summed E-state index contributed by atoms with van der Waals surface area (Å²) in [5, 5.41) is 22.4. The molecule has 3 N–H and O–H groups in total. The van der Waals surface area contributed by atoms with Gasteiger partial charge in [0.2, 0.25) is 0 Å². The number of nitrogens with one attached hydrogen (secondary N) is 1. The van der Waals surface area contributed by atoms with Gasteiger partial charge in [-0.05, 0) is 53.7 Å². The fourth-order valence-corrected chi connectivity index (χ4v) is 4.46. The number of carbonyl (C=O) groups excluding carboxylic acids is 2. The largest absolute Gasteiger partial charge is 0.507 e. The highest BCUT2D eigenvalue weighted by atomic mass is 32.1. The van der Waals surface area contributed by atoms with Crippen molar-refractivity contribution in [3.05, 3.63) is 58.7 Å². The lowest BCUT2D eigenvalue weighted by Crippen LogP contribution is -2.27. The maximum absolute atomic E-state index is 13.2. The van der Waals surface area contributed by atoms with Crippen LogP contribution in [0.4, 0.5) is 0 Å². The normalized spacial score (nSPS) is 12.2. The Kier molecular flexibility index (Phi) is 9.28. The summed E-state index contributed by atoms with van der Waals surface area (Å²) < 4.78 is 32.7. The number of esters is 2. The second kappa shape index (κ2) is 11.7. The number of carbonyl (C=O) groups is 2. The first-order valence-corrected chi connectivity index (χ1v) is 11.5. The van der Waals surface area contributed by atoms with Crippen molar-refractivity contribution < 1.29 is 42.9 Å². The van der Waals surface area contributed by atoms with E-state index in [9.17, 15) is 24.4 Å². The number of phenols is 2. The van der Waals surface area contributed by atoms with Crippen molar-refractivity contribution in [3.63, 3.8) is 0 Å². The van der Waals surface area contributed by atoms with Crippen LogP contribution >= 0.6 is 19.8 Å². The Bertz CT molecular complexity index is 1160. The van der Waals surface area contributed by atoms with E-state index < -0.39 is 25.3 Å². The third-order valence-electron chi connectivity index (χ3n) is 4.58. The predicted molar refractivity (Wildman–Crippen MR) is 127 cm³/mol. The number of thiocarbonyl (C=S) groups is 1. The van der Waals surface area contributed by atoms with Crippen molar-refractivity contribution in [1.82, 2.24) is 5.32 Å². The Morgan fingerprint density at radius 2 is 1.50 bits per heavy atom. The number of benzene rings is 2. The number of aromatic hydroxyl groups is 2. The average Bonchev–Trinajstić information content (AvgIpc) is 2.85. The zero-order valence-corrected chi connectivity index (χ0v) is 20.4. The highest BCUT2D eigenvalue weighted by Crippen LogP contribution is 2.58. The van der Waals surface area contributed by atoms with Gasteiger partial charge in [-0.1, -0.05) is 6.07 Å². The van der Waals surface area contributed by atoms with Crippen LogP contribution in [0.2, 0.25) is 0 Å². The lowest BCUT2D eigenvalue weighted by atomic mass is 10.1. The van der Waals surface area contributed by atoms with Crippen LogP contribution in [0.5, 0.6) is 11.5 Å². The molecule has 0 saturated heterocycles. The molecule has 0 fully saturated rings. The first kappa shape index (κ1) is 26.9. The zero-order valence-electron chi connectivity index (χ0n) is 18.7. The lowest BCUT2D eigenvalue weighted by Gasteiger charge is -2.26. The average molecular weight is 510 g/mol. The van der Waals surface area contributed by atoms with Crippen molar-refractivity contribution in [2.24, 2.45) is 4.99 Å². The standard InChI is InChI=1S/C21H23N2O9PS/c1-29-19(26)14-9-12(5-7-16(14)24)11-22-21(34)23-18(33(28,31-3)32-4)13-6-8-17(25)15(10-13)20(27)30-2/h5-11,18,24-25H,1-4H3,(H,23,34)/b22-11-. The van der Waals surface area contributed by atoms with E-state index in [0.717, 1.165) is 7.11 Å². The van der Waals surface area contributed by atoms with Gasteiger partial charge in [-0.2, -0.15) is 0 Å². The minimum atomic E-state index is -3.87. The molecule has 2 aromatic carbocycles. The number of hydrogen-bond acceptors (Lipinski definition) is 10. The number of rotatable bonds is 8. The summed E-state index contributed by atoms with van der Waals surface area (Å²) in [6.45, 7) is 0. The Morgan fingerprint density at radius 3 is 2.03 bits per heavy atom. The molecule has 11 nitrogen and oxygen atoms in total. The summed E-state index contributed by atoms with van der Waals surface area (Å²) in [7, 11) is 0.820. The Hall–Kier alpha value is -3.31. The molecule has 182 valence electrons. The van der Waals surface area contributed by atoms with Crippen LogP contribution in [0.15, 0.2) is 41.4 Å². The van der Waals surface area contributed by atoms with Gasteiger partial charge in [-0.15, -0.1) is 0 Å². The summed E-state index contributed by atoms with van der Waals surface area (Å²) in [6, 6.07) is 8.02. The highest BCUT2D eigenvalue weighted by molar-refractivity contribution is 7.80. The van der Waals surface area contributed by atoms with Gasteiger partial charge in [-0.25, -0.2) is 14.6 Å². The quantitative estimate of drug-likeness (QED) is 0.208. The molecule has 13 heteroatoms. The molecular weight excluding hydrogens is 487 g/mol. The number of ether oxygens (including phenoxy) is 2. The van der Waals surface area contributed by atoms with E-state index in [2.05, 4.69) is 19.8 Å². The van der Waals surface area contributed by atoms with E-state index in [1.54, 1.807) is 0 Å². The van der Waals surface area contributed by atoms with Crippen molar-refractivity contribution in [2.75, 3.05) is 28.4 Å². The maximum atomic E-state index is 13.2. The summed E-state index contributed by atoms with van der Waals surface area (Å²) in [5.41, 5.74) is 0.420. The van der Waals surface area contributed by atoms with E-state index in [-0.39, 0.29) is 33.3 Å². The highest BCUT2D eigenvalue weighted by Gasteiger charge is 2.37. The zero-order chi connectivity index (χ0) is 25.5. The van der Waals surface area contributed by atoms with Gasteiger partial charge in [0.15, 0.2) is 10.9 Å². The van der Waals surface area contributed by atoms with Crippen LogP contribution in [0, 0.1) is 0 Å². The number of aliphatic imine (C=N–C) groups is 1. The molecule has 0 spiro atoms. The second-order valence-corrected chi connectivity index (χ2v) is 9.26. The minimum absolute atomic E-state index is 0.0640. The first-order chi connectivity index (χ1) is 16.1. The van der Waals surface area contributed by atoms with Crippen LogP contribution in [0.3, 0.4) is 0 Å². The molecule has 0 amide bonds. The van der Waals surface area contributed by atoms with Crippen LogP contribution in [-0.2, 0) is 23.1 Å². The molecule has 0 bridgehead atoms. The van der Waals surface area contributed by atoms with Gasteiger partial charge in [0.25, 0.3) is 0 Å². The molecule has 1 unspecified atom stereocenters. The SMILES string of the molecule is COC(=O)c1cc(/C=N\C(=S)NC(c2ccc(O)c(C(=O)OC)c2)P(=O)(OC)OC)ccc1O.